The average Bonchev–Trinajstić information content (AvgIpc) is 2.84. The van der Waals surface area contributed by atoms with Crippen LogP contribution in [-0.2, 0) is 4.79 Å². The van der Waals surface area contributed by atoms with Gasteiger partial charge in [-0.1, -0.05) is 0 Å². The van der Waals surface area contributed by atoms with Crippen molar-refractivity contribution in [2.45, 2.75) is 6.04 Å². The zero-order valence-corrected chi connectivity index (χ0v) is 10.2. The third kappa shape index (κ3) is 1.18. The van der Waals surface area contributed by atoms with Crippen molar-refractivity contribution in [2.24, 2.45) is 0 Å². The summed E-state index contributed by atoms with van der Waals surface area (Å²) in [5, 5.41) is 0. The number of thioether (sulfide) groups is 1. The molecule has 0 unspecified atom stereocenters. The number of ether oxygens (including phenoxy) is 2. The highest BCUT2D eigenvalue weighted by molar-refractivity contribution is 8.00. The molecule has 0 N–H and O–H groups in total. The number of rotatable bonds is 1. The number of fused-ring (bicyclic) bond motifs is 2. The van der Waals surface area contributed by atoms with Crippen LogP contribution in [0.2, 0.25) is 0 Å². The smallest absolute Gasteiger partial charge is 0.299 e. The molecule has 0 spiro atoms. The highest BCUT2D eigenvalue weighted by Crippen LogP contribution is 2.43. The lowest BCUT2D eigenvalue weighted by Gasteiger charge is -2.33. The maximum Gasteiger partial charge on any atom is 0.299 e. The van der Waals surface area contributed by atoms with Crippen molar-refractivity contribution in [3.8, 4) is 11.5 Å². The molecule has 0 bridgehead atoms. The molecule has 3 heterocycles. The molecule has 0 radical (unpaired) electrons. The van der Waals surface area contributed by atoms with E-state index in [0.29, 0.717) is 22.7 Å². The molecular weight excluding hydrogens is 254 g/mol. The Kier molecular flexibility index (Phi) is 1.94. The van der Waals surface area contributed by atoms with E-state index in [-0.39, 0.29) is 12.8 Å². The van der Waals surface area contributed by atoms with Crippen molar-refractivity contribution < 1.29 is 19.1 Å². The van der Waals surface area contributed by atoms with Crippen molar-refractivity contribution >= 4 is 29.1 Å². The number of Topliss-reactive ketones (excluding diaryl/α,β-unsaturated/α-hetero) is 1. The van der Waals surface area contributed by atoms with E-state index in [9.17, 15) is 9.59 Å². The standard InChI is InChI=1S/C12H9NO4S/c14-11-7-1-9-10(17-5-16-9)2-8(7)13(12(11)15)6-3-18-4-6/h1-2,6H,3-5H2. The van der Waals surface area contributed by atoms with E-state index in [4.69, 9.17) is 9.47 Å². The predicted octanol–water partition coefficient (Wildman–Crippen LogP) is 1.06. The molecule has 0 atom stereocenters. The molecule has 4 rings (SSSR count). The van der Waals surface area contributed by atoms with Crippen LogP contribution in [0.5, 0.6) is 11.5 Å². The largest absolute Gasteiger partial charge is 0.454 e. The summed E-state index contributed by atoms with van der Waals surface area (Å²) in [6, 6.07) is 3.49. The molecule has 1 aromatic carbocycles. The van der Waals surface area contributed by atoms with Gasteiger partial charge in [-0.2, -0.15) is 11.8 Å². The van der Waals surface area contributed by atoms with E-state index in [1.54, 1.807) is 28.8 Å². The van der Waals surface area contributed by atoms with Crippen LogP contribution in [0.25, 0.3) is 0 Å². The lowest BCUT2D eigenvalue weighted by atomic mass is 10.1. The van der Waals surface area contributed by atoms with E-state index < -0.39 is 11.7 Å². The van der Waals surface area contributed by atoms with Crippen LogP contribution in [0.15, 0.2) is 12.1 Å². The second-order valence-corrected chi connectivity index (χ2v) is 5.49. The minimum Gasteiger partial charge on any atom is -0.454 e. The molecule has 6 heteroatoms. The lowest BCUT2D eigenvalue weighted by molar-refractivity contribution is -0.114. The monoisotopic (exact) mass is 263 g/mol. The fourth-order valence-corrected chi connectivity index (χ4v) is 3.13. The first-order valence-electron chi connectivity index (χ1n) is 5.65. The molecule has 1 fully saturated rings. The number of hydrogen-bond acceptors (Lipinski definition) is 5. The molecule has 5 nitrogen and oxygen atoms in total. The minimum absolute atomic E-state index is 0.132. The van der Waals surface area contributed by atoms with Gasteiger partial charge >= 0.3 is 0 Å². The van der Waals surface area contributed by atoms with Crippen LogP contribution in [0.4, 0.5) is 5.69 Å². The zero-order valence-electron chi connectivity index (χ0n) is 9.34. The summed E-state index contributed by atoms with van der Waals surface area (Å²) >= 11 is 1.77. The fraction of sp³-hybridized carbons (Fsp3) is 0.333. The summed E-state index contributed by atoms with van der Waals surface area (Å²) in [4.78, 5) is 25.6. The van der Waals surface area contributed by atoms with Crippen LogP contribution < -0.4 is 14.4 Å². The van der Waals surface area contributed by atoms with E-state index >= 15 is 0 Å². The predicted molar refractivity (Wildman–Crippen MR) is 65.5 cm³/mol. The SMILES string of the molecule is O=C1C(=O)N(C2CSC2)c2cc3c(cc21)OCO3. The lowest BCUT2D eigenvalue weighted by Crippen LogP contribution is -2.47. The van der Waals surface area contributed by atoms with Crippen LogP contribution in [0, 0.1) is 0 Å². The number of anilines is 1. The zero-order chi connectivity index (χ0) is 12.3. The van der Waals surface area contributed by atoms with E-state index in [1.165, 1.54) is 0 Å². The van der Waals surface area contributed by atoms with Gasteiger partial charge in [0.1, 0.15) is 0 Å². The molecular formula is C12H9NO4S. The van der Waals surface area contributed by atoms with Gasteiger partial charge in [0.2, 0.25) is 6.79 Å². The first-order chi connectivity index (χ1) is 8.75. The maximum atomic E-state index is 12.0. The van der Waals surface area contributed by atoms with Gasteiger partial charge in [-0.25, -0.2) is 0 Å². The molecule has 92 valence electrons. The second-order valence-electron chi connectivity index (χ2n) is 4.42. The summed E-state index contributed by atoms with van der Waals surface area (Å²) in [5.74, 6) is 2.03. The number of nitrogens with zero attached hydrogens (tertiary/aromatic N) is 1. The first kappa shape index (κ1) is 10.3. The van der Waals surface area contributed by atoms with Crippen molar-refractivity contribution in [3.63, 3.8) is 0 Å². The molecule has 1 amide bonds. The molecule has 0 aliphatic carbocycles. The van der Waals surface area contributed by atoms with Gasteiger partial charge in [-0.3, -0.25) is 14.5 Å². The average molecular weight is 263 g/mol. The summed E-state index contributed by atoms with van der Waals surface area (Å²) in [7, 11) is 0. The summed E-state index contributed by atoms with van der Waals surface area (Å²) in [6.45, 7) is 0.166. The van der Waals surface area contributed by atoms with Gasteiger partial charge in [0.15, 0.2) is 11.5 Å². The Bertz CT molecular complexity index is 582. The van der Waals surface area contributed by atoms with Crippen LogP contribution in [-0.4, -0.2) is 36.0 Å². The first-order valence-corrected chi connectivity index (χ1v) is 6.80. The fourth-order valence-electron chi connectivity index (χ4n) is 2.38. The third-order valence-corrected chi connectivity index (χ3v) is 4.63. The quantitative estimate of drug-likeness (QED) is 0.709. The van der Waals surface area contributed by atoms with Gasteiger partial charge in [-0.05, 0) is 6.07 Å². The molecule has 3 aliphatic heterocycles. The number of carbonyl (C=O) groups excluding carboxylic acids is 2. The molecule has 0 saturated carbocycles. The number of carbonyl (C=O) groups is 2. The Hall–Kier alpha value is -1.69. The highest BCUT2D eigenvalue weighted by Gasteiger charge is 2.43. The Morgan fingerprint density at radius 3 is 2.56 bits per heavy atom. The highest BCUT2D eigenvalue weighted by atomic mass is 32.2. The molecule has 1 saturated heterocycles. The molecule has 1 aromatic rings. The van der Waals surface area contributed by atoms with Crippen LogP contribution in [0.3, 0.4) is 0 Å². The number of amides is 1. The maximum absolute atomic E-state index is 12.0. The van der Waals surface area contributed by atoms with Crippen molar-refractivity contribution in [1.29, 1.82) is 0 Å². The second kappa shape index (κ2) is 3.41. The van der Waals surface area contributed by atoms with Crippen molar-refractivity contribution in [1.82, 2.24) is 0 Å². The van der Waals surface area contributed by atoms with E-state index in [0.717, 1.165) is 11.5 Å². The van der Waals surface area contributed by atoms with Gasteiger partial charge < -0.3 is 9.47 Å². The third-order valence-electron chi connectivity index (χ3n) is 3.39. The Balaban J connectivity index is 1.86. The van der Waals surface area contributed by atoms with Crippen molar-refractivity contribution in [3.05, 3.63) is 17.7 Å². The Morgan fingerprint density at radius 1 is 1.17 bits per heavy atom. The summed E-state index contributed by atoms with van der Waals surface area (Å²) in [6.07, 6.45) is 0. The van der Waals surface area contributed by atoms with E-state index in [2.05, 4.69) is 0 Å². The minimum atomic E-state index is -0.444. The molecule has 18 heavy (non-hydrogen) atoms. The topological polar surface area (TPSA) is 55.8 Å². The van der Waals surface area contributed by atoms with Gasteiger partial charge in [0, 0.05) is 17.6 Å². The Labute approximate surface area is 107 Å². The summed E-state index contributed by atoms with van der Waals surface area (Å²) in [5.41, 5.74) is 1.10. The van der Waals surface area contributed by atoms with Crippen molar-refractivity contribution in [2.75, 3.05) is 23.2 Å². The number of ketones is 1. The van der Waals surface area contributed by atoms with Crippen LogP contribution >= 0.6 is 11.8 Å². The summed E-state index contributed by atoms with van der Waals surface area (Å²) < 4.78 is 10.5. The van der Waals surface area contributed by atoms with Gasteiger partial charge in [0.25, 0.3) is 11.7 Å². The molecule has 0 aromatic heterocycles. The normalized spacial score (nSPS) is 21.2. The molecule has 3 aliphatic rings. The van der Waals surface area contributed by atoms with E-state index in [1.807, 2.05) is 0 Å². The van der Waals surface area contributed by atoms with Gasteiger partial charge in [-0.15, -0.1) is 0 Å². The number of benzene rings is 1. The van der Waals surface area contributed by atoms with Gasteiger partial charge in [0.05, 0.1) is 17.3 Å². The van der Waals surface area contributed by atoms with Crippen LogP contribution in [0.1, 0.15) is 10.4 Å². The number of hydrogen-bond donors (Lipinski definition) is 0. The Morgan fingerprint density at radius 2 is 1.89 bits per heavy atom.